The zero-order valence-electron chi connectivity index (χ0n) is 8.83. The van der Waals surface area contributed by atoms with E-state index in [1.165, 1.54) is 6.33 Å². The fourth-order valence-corrected chi connectivity index (χ4v) is 1.88. The lowest BCUT2D eigenvalue weighted by Gasteiger charge is -2.14. The third kappa shape index (κ3) is 3.76. The Hall–Kier alpha value is -0.680. The van der Waals surface area contributed by atoms with Crippen molar-refractivity contribution in [3.63, 3.8) is 0 Å². The molecule has 0 radical (unpaired) electrons. The van der Waals surface area contributed by atoms with E-state index >= 15 is 0 Å². The molecule has 1 unspecified atom stereocenters. The molecule has 6 heteroatoms. The quantitative estimate of drug-likeness (QED) is 0.835. The second-order valence-electron chi connectivity index (χ2n) is 3.13. The van der Waals surface area contributed by atoms with E-state index in [4.69, 9.17) is 17.3 Å². The van der Waals surface area contributed by atoms with Crippen LogP contribution in [0.15, 0.2) is 6.33 Å². The molecule has 84 valence electrons. The second-order valence-corrected chi connectivity index (χ2v) is 4.82. The van der Waals surface area contributed by atoms with Crippen LogP contribution in [0.5, 0.6) is 0 Å². The molecule has 0 amide bonds. The zero-order valence-corrected chi connectivity index (χ0v) is 10.4. The summed E-state index contributed by atoms with van der Waals surface area (Å²) in [5.74, 6) is 3.03. The number of rotatable bonds is 5. The Morgan fingerprint density at radius 3 is 3.00 bits per heavy atom. The van der Waals surface area contributed by atoms with Crippen molar-refractivity contribution < 1.29 is 0 Å². The SMILES string of the molecule is CCSCC(C)Nc1ncnc(N)c1Cl. The standard InChI is InChI=1S/C9H15ClN4S/c1-3-15-4-6(2)14-9-7(10)8(11)12-5-13-9/h5-6H,3-4H2,1-2H3,(H3,11,12,13,14). The van der Waals surface area contributed by atoms with Gasteiger partial charge in [-0.15, -0.1) is 0 Å². The van der Waals surface area contributed by atoms with Gasteiger partial charge in [-0.1, -0.05) is 18.5 Å². The van der Waals surface area contributed by atoms with Gasteiger partial charge in [0.15, 0.2) is 5.82 Å². The summed E-state index contributed by atoms with van der Waals surface area (Å²) >= 11 is 7.82. The number of halogens is 1. The molecule has 4 nitrogen and oxygen atoms in total. The fraction of sp³-hybridized carbons (Fsp3) is 0.556. The van der Waals surface area contributed by atoms with Crippen LogP contribution < -0.4 is 11.1 Å². The number of thioether (sulfide) groups is 1. The summed E-state index contributed by atoms with van der Waals surface area (Å²) in [5.41, 5.74) is 5.57. The van der Waals surface area contributed by atoms with Crippen molar-refractivity contribution in [3.05, 3.63) is 11.3 Å². The summed E-state index contributed by atoms with van der Waals surface area (Å²) in [6.07, 6.45) is 1.41. The largest absolute Gasteiger partial charge is 0.382 e. The van der Waals surface area contributed by atoms with Crippen LogP contribution in [0.25, 0.3) is 0 Å². The third-order valence-corrected chi connectivity index (χ3v) is 3.29. The van der Waals surface area contributed by atoms with Crippen LogP contribution in [0, 0.1) is 0 Å². The molecule has 15 heavy (non-hydrogen) atoms. The minimum atomic E-state index is 0.307. The normalized spacial score (nSPS) is 12.5. The van der Waals surface area contributed by atoms with Crippen LogP contribution in [-0.4, -0.2) is 27.5 Å². The van der Waals surface area contributed by atoms with Crippen molar-refractivity contribution in [2.24, 2.45) is 0 Å². The molecule has 0 aliphatic heterocycles. The first-order valence-electron chi connectivity index (χ1n) is 4.75. The molecular formula is C9H15ClN4S. The van der Waals surface area contributed by atoms with Gasteiger partial charge in [0.2, 0.25) is 0 Å². The predicted molar refractivity (Wildman–Crippen MR) is 67.5 cm³/mol. The maximum absolute atomic E-state index is 5.95. The molecule has 1 heterocycles. The van der Waals surface area contributed by atoms with Crippen molar-refractivity contribution in [3.8, 4) is 0 Å². The first-order valence-corrected chi connectivity index (χ1v) is 6.28. The summed E-state index contributed by atoms with van der Waals surface area (Å²) in [6.45, 7) is 4.21. The lowest BCUT2D eigenvalue weighted by Crippen LogP contribution is -2.19. The van der Waals surface area contributed by atoms with Gasteiger partial charge in [0, 0.05) is 11.8 Å². The van der Waals surface area contributed by atoms with Gasteiger partial charge in [-0.2, -0.15) is 11.8 Å². The lowest BCUT2D eigenvalue weighted by molar-refractivity contribution is 0.899. The Morgan fingerprint density at radius 1 is 1.60 bits per heavy atom. The molecule has 0 aliphatic rings. The predicted octanol–water partition coefficient (Wildman–Crippen LogP) is 2.27. The van der Waals surface area contributed by atoms with Gasteiger partial charge in [-0.25, -0.2) is 9.97 Å². The van der Waals surface area contributed by atoms with Crippen molar-refractivity contribution >= 4 is 35.0 Å². The lowest BCUT2D eigenvalue weighted by atomic mass is 10.4. The Kier molecular flexibility index (Phi) is 4.98. The van der Waals surface area contributed by atoms with Gasteiger partial charge in [0.05, 0.1) is 0 Å². The Bertz CT molecular complexity index is 321. The van der Waals surface area contributed by atoms with E-state index in [0.29, 0.717) is 22.7 Å². The number of hydrogen-bond acceptors (Lipinski definition) is 5. The van der Waals surface area contributed by atoms with Gasteiger partial charge < -0.3 is 11.1 Å². The number of nitrogens with zero attached hydrogens (tertiary/aromatic N) is 2. The van der Waals surface area contributed by atoms with Gasteiger partial charge in [-0.05, 0) is 12.7 Å². The smallest absolute Gasteiger partial charge is 0.150 e. The van der Waals surface area contributed by atoms with Crippen molar-refractivity contribution in [2.75, 3.05) is 22.6 Å². The van der Waals surface area contributed by atoms with E-state index in [2.05, 4.69) is 29.1 Å². The van der Waals surface area contributed by atoms with E-state index in [-0.39, 0.29) is 0 Å². The first kappa shape index (κ1) is 12.4. The van der Waals surface area contributed by atoms with Crippen LogP contribution in [-0.2, 0) is 0 Å². The maximum Gasteiger partial charge on any atom is 0.150 e. The van der Waals surface area contributed by atoms with Crippen LogP contribution >= 0.6 is 23.4 Å². The number of hydrogen-bond donors (Lipinski definition) is 2. The van der Waals surface area contributed by atoms with E-state index < -0.39 is 0 Å². The van der Waals surface area contributed by atoms with Gasteiger partial charge in [0.25, 0.3) is 0 Å². The summed E-state index contributed by atoms with van der Waals surface area (Å²) in [5, 5.41) is 3.60. The van der Waals surface area contributed by atoms with E-state index in [1.807, 2.05) is 11.8 Å². The number of nitrogens with one attached hydrogen (secondary N) is 1. The van der Waals surface area contributed by atoms with Crippen LogP contribution in [0.1, 0.15) is 13.8 Å². The number of anilines is 2. The molecule has 0 spiro atoms. The maximum atomic E-state index is 5.95. The van der Waals surface area contributed by atoms with Crippen LogP contribution in [0.3, 0.4) is 0 Å². The third-order valence-electron chi connectivity index (χ3n) is 1.77. The highest BCUT2D eigenvalue weighted by molar-refractivity contribution is 7.99. The number of aromatic nitrogens is 2. The molecule has 1 aromatic heterocycles. The molecule has 0 fully saturated rings. The molecule has 1 atom stereocenters. The van der Waals surface area contributed by atoms with E-state index in [9.17, 15) is 0 Å². The Labute approximate surface area is 99.0 Å². The van der Waals surface area contributed by atoms with Crippen LogP contribution in [0.4, 0.5) is 11.6 Å². The molecule has 0 saturated carbocycles. The molecule has 1 rings (SSSR count). The van der Waals surface area contributed by atoms with E-state index in [0.717, 1.165) is 11.5 Å². The molecule has 3 N–H and O–H groups in total. The summed E-state index contributed by atoms with van der Waals surface area (Å²) in [6, 6.07) is 0.307. The highest BCUT2D eigenvalue weighted by Gasteiger charge is 2.09. The summed E-state index contributed by atoms with van der Waals surface area (Å²) < 4.78 is 0. The first-order chi connectivity index (χ1) is 7.15. The van der Waals surface area contributed by atoms with Crippen molar-refractivity contribution in [2.45, 2.75) is 19.9 Å². The minimum absolute atomic E-state index is 0.307. The molecule has 0 aromatic carbocycles. The topological polar surface area (TPSA) is 63.8 Å². The summed E-state index contributed by atoms with van der Waals surface area (Å²) in [4.78, 5) is 7.84. The highest BCUT2D eigenvalue weighted by Crippen LogP contribution is 2.24. The molecule has 0 aliphatic carbocycles. The zero-order chi connectivity index (χ0) is 11.3. The minimum Gasteiger partial charge on any atom is -0.382 e. The molecule has 0 saturated heterocycles. The molecule has 0 bridgehead atoms. The monoisotopic (exact) mass is 246 g/mol. The number of nitrogen functional groups attached to an aromatic ring is 1. The Balaban J connectivity index is 2.60. The van der Waals surface area contributed by atoms with E-state index in [1.54, 1.807) is 0 Å². The second kappa shape index (κ2) is 6.02. The average molecular weight is 247 g/mol. The molecular weight excluding hydrogens is 232 g/mol. The average Bonchev–Trinajstić information content (AvgIpc) is 2.22. The molecule has 1 aromatic rings. The van der Waals surface area contributed by atoms with Gasteiger partial charge in [-0.3, -0.25) is 0 Å². The summed E-state index contributed by atoms with van der Waals surface area (Å²) in [7, 11) is 0. The fourth-order valence-electron chi connectivity index (χ4n) is 1.05. The van der Waals surface area contributed by atoms with Crippen molar-refractivity contribution in [1.82, 2.24) is 9.97 Å². The van der Waals surface area contributed by atoms with Crippen molar-refractivity contribution in [1.29, 1.82) is 0 Å². The van der Waals surface area contributed by atoms with Gasteiger partial charge in [0.1, 0.15) is 17.2 Å². The Morgan fingerprint density at radius 2 is 2.33 bits per heavy atom. The number of nitrogens with two attached hydrogens (primary N) is 1. The van der Waals surface area contributed by atoms with Gasteiger partial charge >= 0.3 is 0 Å². The highest BCUT2D eigenvalue weighted by atomic mass is 35.5. The van der Waals surface area contributed by atoms with Crippen LogP contribution in [0.2, 0.25) is 5.02 Å².